The molecule has 3 rings (SSSR count). The van der Waals surface area contributed by atoms with E-state index in [1.54, 1.807) is 18.3 Å². The lowest BCUT2D eigenvalue weighted by Gasteiger charge is -2.08. The predicted molar refractivity (Wildman–Crippen MR) is 91.9 cm³/mol. The van der Waals surface area contributed by atoms with Crippen molar-refractivity contribution in [2.45, 2.75) is 30.3 Å². The van der Waals surface area contributed by atoms with Crippen LogP contribution in [0, 0.1) is 13.8 Å². The molecule has 24 heavy (non-hydrogen) atoms. The molecule has 122 valence electrons. The Morgan fingerprint density at radius 3 is 2.67 bits per heavy atom. The van der Waals surface area contributed by atoms with Crippen molar-refractivity contribution in [2.24, 2.45) is 0 Å². The van der Waals surface area contributed by atoms with Gasteiger partial charge < -0.3 is 9.73 Å². The van der Waals surface area contributed by atoms with E-state index >= 15 is 0 Å². The summed E-state index contributed by atoms with van der Waals surface area (Å²) in [5.74, 6) is 1.07. The fourth-order valence-electron chi connectivity index (χ4n) is 2.11. The molecule has 1 aromatic carbocycles. The average molecular weight is 339 g/mol. The molecule has 0 saturated carbocycles. The van der Waals surface area contributed by atoms with Gasteiger partial charge in [0, 0.05) is 11.1 Å². The summed E-state index contributed by atoms with van der Waals surface area (Å²) in [6.07, 6.45) is 1.68. The molecule has 0 atom stereocenters. The minimum atomic E-state index is -0.199. The molecule has 1 amide bonds. The number of aromatic nitrogens is 2. The van der Waals surface area contributed by atoms with E-state index in [2.05, 4.69) is 15.3 Å². The molecule has 1 N–H and O–H groups in total. The van der Waals surface area contributed by atoms with Crippen molar-refractivity contribution in [3.8, 4) is 0 Å². The van der Waals surface area contributed by atoms with E-state index in [0.29, 0.717) is 16.5 Å². The van der Waals surface area contributed by atoms with Gasteiger partial charge in [-0.15, -0.1) is 0 Å². The molecule has 2 aromatic heterocycles. The quantitative estimate of drug-likeness (QED) is 0.766. The summed E-state index contributed by atoms with van der Waals surface area (Å²) in [6, 6.07) is 13.4. The number of amides is 1. The van der Waals surface area contributed by atoms with Gasteiger partial charge in [-0.05, 0) is 38.1 Å². The number of hydrogen-bond acceptors (Lipinski definition) is 5. The van der Waals surface area contributed by atoms with Gasteiger partial charge in [-0.3, -0.25) is 4.79 Å². The number of oxazole rings is 1. The number of nitrogens with one attached hydrogen (secondary N) is 1. The second kappa shape index (κ2) is 7.31. The third-order valence-electron chi connectivity index (χ3n) is 3.45. The normalized spacial score (nSPS) is 10.6. The van der Waals surface area contributed by atoms with Crippen LogP contribution >= 0.6 is 11.8 Å². The van der Waals surface area contributed by atoms with E-state index in [-0.39, 0.29) is 12.5 Å². The highest BCUT2D eigenvalue weighted by atomic mass is 32.2. The van der Waals surface area contributed by atoms with Crippen LogP contribution in [0.4, 0.5) is 0 Å². The topological polar surface area (TPSA) is 68.0 Å². The fraction of sp³-hybridized carbons (Fsp3) is 0.167. The highest BCUT2D eigenvalue weighted by molar-refractivity contribution is 7.99. The lowest BCUT2D eigenvalue weighted by Crippen LogP contribution is -2.23. The minimum Gasteiger partial charge on any atom is -0.444 e. The summed E-state index contributed by atoms with van der Waals surface area (Å²) in [5.41, 5.74) is 1.37. The molecule has 0 spiro atoms. The summed E-state index contributed by atoms with van der Waals surface area (Å²) in [6.45, 7) is 3.97. The van der Waals surface area contributed by atoms with E-state index in [4.69, 9.17) is 4.42 Å². The van der Waals surface area contributed by atoms with Gasteiger partial charge in [0.15, 0.2) is 0 Å². The molecule has 3 aromatic rings. The summed E-state index contributed by atoms with van der Waals surface area (Å²) < 4.78 is 5.48. The van der Waals surface area contributed by atoms with Crippen molar-refractivity contribution in [3.63, 3.8) is 0 Å². The molecule has 0 radical (unpaired) electrons. The number of aryl methyl sites for hydroxylation is 2. The summed E-state index contributed by atoms with van der Waals surface area (Å²) in [5, 5.41) is 3.50. The number of pyridine rings is 1. The lowest BCUT2D eigenvalue weighted by atomic mass is 10.2. The number of carbonyl (C=O) groups excluding carboxylic acids is 1. The van der Waals surface area contributed by atoms with E-state index in [9.17, 15) is 4.79 Å². The van der Waals surface area contributed by atoms with E-state index in [1.165, 1.54) is 11.8 Å². The molecule has 0 unspecified atom stereocenters. The van der Waals surface area contributed by atoms with Gasteiger partial charge in [0.25, 0.3) is 5.91 Å². The zero-order chi connectivity index (χ0) is 16.9. The zero-order valence-electron chi connectivity index (χ0n) is 13.4. The van der Waals surface area contributed by atoms with Crippen molar-refractivity contribution in [1.82, 2.24) is 15.3 Å². The van der Waals surface area contributed by atoms with Crippen LogP contribution in [-0.2, 0) is 6.54 Å². The van der Waals surface area contributed by atoms with Crippen molar-refractivity contribution < 1.29 is 9.21 Å². The summed E-state index contributed by atoms with van der Waals surface area (Å²) >= 11 is 1.46. The zero-order valence-corrected chi connectivity index (χ0v) is 14.3. The Bertz CT molecular complexity index is 827. The number of nitrogens with zero attached hydrogens (tertiary/aromatic N) is 2. The molecule has 0 aliphatic heterocycles. The van der Waals surface area contributed by atoms with Crippen LogP contribution in [0.5, 0.6) is 0 Å². The van der Waals surface area contributed by atoms with Gasteiger partial charge in [0.2, 0.25) is 5.89 Å². The fourth-order valence-corrected chi connectivity index (χ4v) is 3.01. The Morgan fingerprint density at radius 2 is 1.96 bits per heavy atom. The molecule has 0 bridgehead atoms. The van der Waals surface area contributed by atoms with Crippen LogP contribution in [0.1, 0.15) is 27.7 Å². The van der Waals surface area contributed by atoms with Crippen molar-refractivity contribution in [3.05, 3.63) is 71.6 Å². The van der Waals surface area contributed by atoms with Gasteiger partial charge in [-0.25, -0.2) is 9.97 Å². The molecule has 0 aliphatic rings. The second-order valence-electron chi connectivity index (χ2n) is 5.20. The SMILES string of the molecule is Cc1nc(CNC(=O)c2cccnc2Sc2ccccc2)oc1C. The molecular weight excluding hydrogens is 322 g/mol. The maximum Gasteiger partial charge on any atom is 0.254 e. The van der Waals surface area contributed by atoms with Gasteiger partial charge in [-0.2, -0.15) is 0 Å². The highest BCUT2D eigenvalue weighted by Gasteiger charge is 2.14. The summed E-state index contributed by atoms with van der Waals surface area (Å²) in [4.78, 5) is 22.1. The molecule has 5 nitrogen and oxygen atoms in total. The third-order valence-corrected chi connectivity index (χ3v) is 4.47. The Hall–Kier alpha value is -2.60. The Balaban J connectivity index is 1.72. The van der Waals surface area contributed by atoms with Crippen LogP contribution in [0.2, 0.25) is 0 Å². The number of benzene rings is 1. The van der Waals surface area contributed by atoms with E-state index in [1.807, 2.05) is 44.2 Å². The van der Waals surface area contributed by atoms with Crippen LogP contribution in [0.3, 0.4) is 0 Å². The van der Waals surface area contributed by atoms with Crippen molar-refractivity contribution >= 4 is 17.7 Å². The third kappa shape index (κ3) is 3.83. The lowest BCUT2D eigenvalue weighted by molar-refractivity contribution is 0.0943. The van der Waals surface area contributed by atoms with Gasteiger partial charge in [0.1, 0.15) is 10.8 Å². The first-order valence-corrected chi connectivity index (χ1v) is 8.34. The Labute approximate surface area is 144 Å². The molecule has 6 heteroatoms. The molecule has 2 heterocycles. The number of rotatable bonds is 5. The monoisotopic (exact) mass is 339 g/mol. The van der Waals surface area contributed by atoms with E-state index < -0.39 is 0 Å². The Morgan fingerprint density at radius 1 is 1.17 bits per heavy atom. The Kier molecular flexibility index (Phi) is 4.96. The number of hydrogen-bond donors (Lipinski definition) is 1. The smallest absolute Gasteiger partial charge is 0.254 e. The van der Waals surface area contributed by atoms with Gasteiger partial charge >= 0.3 is 0 Å². The number of carbonyl (C=O) groups is 1. The van der Waals surface area contributed by atoms with Crippen molar-refractivity contribution in [2.75, 3.05) is 0 Å². The van der Waals surface area contributed by atoms with Crippen molar-refractivity contribution in [1.29, 1.82) is 0 Å². The molecule has 0 saturated heterocycles. The summed E-state index contributed by atoms with van der Waals surface area (Å²) in [7, 11) is 0. The maximum absolute atomic E-state index is 12.5. The molecular formula is C18H17N3O2S. The molecule has 0 aliphatic carbocycles. The highest BCUT2D eigenvalue weighted by Crippen LogP contribution is 2.28. The first-order chi connectivity index (χ1) is 11.6. The van der Waals surface area contributed by atoms with E-state index in [0.717, 1.165) is 16.3 Å². The van der Waals surface area contributed by atoms with Crippen LogP contribution in [-0.4, -0.2) is 15.9 Å². The second-order valence-corrected chi connectivity index (χ2v) is 6.27. The van der Waals surface area contributed by atoms with Gasteiger partial charge in [0.05, 0.1) is 17.8 Å². The maximum atomic E-state index is 12.5. The van der Waals surface area contributed by atoms with Crippen LogP contribution in [0.25, 0.3) is 0 Å². The van der Waals surface area contributed by atoms with Crippen LogP contribution in [0.15, 0.2) is 63.0 Å². The minimum absolute atomic E-state index is 0.199. The first-order valence-electron chi connectivity index (χ1n) is 7.52. The predicted octanol–water partition coefficient (Wildman–Crippen LogP) is 3.77. The standard InChI is InChI=1S/C18H17N3O2S/c1-12-13(2)23-16(21-12)11-20-17(22)15-9-6-10-19-18(15)24-14-7-4-3-5-8-14/h3-10H,11H2,1-2H3,(H,20,22). The first kappa shape index (κ1) is 16.3. The largest absolute Gasteiger partial charge is 0.444 e. The molecule has 0 fully saturated rings. The van der Waals surface area contributed by atoms with Crippen LogP contribution < -0.4 is 5.32 Å². The average Bonchev–Trinajstić information content (AvgIpc) is 2.92. The van der Waals surface area contributed by atoms with Gasteiger partial charge in [-0.1, -0.05) is 30.0 Å².